The number of carbonyl (C=O) groups is 1. The smallest absolute Gasteiger partial charge is 0.331 e. The molecule has 0 rings (SSSR count). The molecule has 0 bridgehead atoms. The van der Waals surface area contributed by atoms with Gasteiger partial charge in [0.15, 0.2) is 0 Å². The van der Waals surface area contributed by atoms with Gasteiger partial charge in [0.05, 0.1) is 0 Å². The first-order valence-corrected chi connectivity index (χ1v) is 5.41. The van der Waals surface area contributed by atoms with Crippen LogP contribution in [-0.4, -0.2) is 47.3 Å². The maximum Gasteiger partial charge on any atom is 0.331 e. The molecule has 0 aliphatic rings. The summed E-state index contributed by atoms with van der Waals surface area (Å²) in [6, 6.07) is 0. The minimum Gasteiger partial charge on any atom is -0.478 e. The maximum atomic E-state index is 10.7. The fourth-order valence-corrected chi connectivity index (χ4v) is 1.38. The standard InChI is InChI=1S/C11H21NO3/c1-3-12(4-2)8-5-6-10(7-9-13)11(14)15/h6,13H,3-5,7-9H2,1-2H3,(H,14,15). The predicted octanol–water partition coefficient (Wildman–Crippen LogP) is 1.11. The van der Waals surface area contributed by atoms with Crippen LogP contribution in [-0.2, 0) is 4.79 Å². The van der Waals surface area contributed by atoms with Gasteiger partial charge in [0.2, 0.25) is 0 Å². The highest BCUT2D eigenvalue weighted by molar-refractivity contribution is 5.86. The molecule has 4 nitrogen and oxygen atoms in total. The van der Waals surface area contributed by atoms with Gasteiger partial charge in [-0.25, -0.2) is 4.79 Å². The number of hydrogen-bond donors (Lipinski definition) is 2. The first-order valence-electron chi connectivity index (χ1n) is 5.41. The van der Waals surface area contributed by atoms with Crippen LogP contribution in [0.1, 0.15) is 26.7 Å². The molecule has 0 aromatic rings. The van der Waals surface area contributed by atoms with E-state index in [1.54, 1.807) is 6.08 Å². The molecule has 0 heterocycles. The summed E-state index contributed by atoms with van der Waals surface area (Å²) in [5.74, 6) is -0.927. The SMILES string of the molecule is CCN(CC)CCC=C(CCO)C(=O)O. The highest BCUT2D eigenvalue weighted by Crippen LogP contribution is 2.03. The second-order valence-corrected chi connectivity index (χ2v) is 3.32. The molecule has 0 fully saturated rings. The minimum atomic E-state index is -0.927. The van der Waals surface area contributed by atoms with Crippen molar-refractivity contribution in [2.45, 2.75) is 26.7 Å². The molecule has 0 unspecified atom stereocenters. The molecular weight excluding hydrogens is 194 g/mol. The van der Waals surface area contributed by atoms with Gasteiger partial charge in [-0.3, -0.25) is 0 Å². The van der Waals surface area contributed by atoms with Gasteiger partial charge < -0.3 is 15.1 Å². The summed E-state index contributed by atoms with van der Waals surface area (Å²) in [6.07, 6.45) is 2.66. The summed E-state index contributed by atoms with van der Waals surface area (Å²) in [7, 11) is 0. The summed E-state index contributed by atoms with van der Waals surface area (Å²) in [6.45, 7) is 6.89. The van der Waals surface area contributed by atoms with E-state index in [0.717, 1.165) is 26.1 Å². The average Bonchev–Trinajstić information content (AvgIpc) is 2.22. The zero-order valence-electron chi connectivity index (χ0n) is 9.57. The molecule has 0 amide bonds. The molecule has 0 aliphatic carbocycles. The van der Waals surface area contributed by atoms with E-state index >= 15 is 0 Å². The first-order chi connectivity index (χ1) is 7.15. The van der Waals surface area contributed by atoms with Crippen molar-refractivity contribution in [2.75, 3.05) is 26.2 Å². The van der Waals surface area contributed by atoms with Crippen molar-refractivity contribution < 1.29 is 15.0 Å². The number of carboxylic acid groups (broad SMARTS) is 1. The summed E-state index contributed by atoms with van der Waals surface area (Å²) < 4.78 is 0. The van der Waals surface area contributed by atoms with E-state index < -0.39 is 5.97 Å². The second-order valence-electron chi connectivity index (χ2n) is 3.32. The molecule has 15 heavy (non-hydrogen) atoms. The Morgan fingerprint density at radius 2 is 1.93 bits per heavy atom. The number of rotatable bonds is 8. The van der Waals surface area contributed by atoms with E-state index in [1.807, 2.05) is 0 Å². The first kappa shape index (κ1) is 14.1. The summed E-state index contributed by atoms with van der Waals surface area (Å²) >= 11 is 0. The van der Waals surface area contributed by atoms with Crippen molar-refractivity contribution in [3.63, 3.8) is 0 Å². The lowest BCUT2D eigenvalue weighted by molar-refractivity contribution is -0.132. The van der Waals surface area contributed by atoms with Crippen LogP contribution in [0.25, 0.3) is 0 Å². The Labute approximate surface area is 91.2 Å². The van der Waals surface area contributed by atoms with Crippen LogP contribution in [0.5, 0.6) is 0 Å². The number of aliphatic hydroxyl groups excluding tert-OH is 1. The fourth-order valence-electron chi connectivity index (χ4n) is 1.38. The zero-order valence-corrected chi connectivity index (χ0v) is 9.57. The predicted molar refractivity (Wildman–Crippen MR) is 59.8 cm³/mol. The molecule has 0 saturated carbocycles. The third-order valence-electron chi connectivity index (χ3n) is 2.39. The van der Waals surface area contributed by atoms with Gasteiger partial charge in [0, 0.05) is 25.1 Å². The Hall–Kier alpha value is -0.870. The summed E-state index contributed by atoms with van der Waals surface area (Å²) in [4.78, 5) is 12.9. The number of hydrogen-bond acceptors (Lipinski definition) is 3. The Morgan fingerprint density at radius 3 is 2.33 bits per heavy atom. The minimum absolute atomic E-state index is 0.108. The van der Waals surface area contributed by atoms with Crippen molar-refractivity contribution in [2.24, 2.45) is 0 Å². The van der Waals surface area contributed by atoms with E-state index in [1.165, 1.54) is 0 Å². The lowest BCUT2D eigenvalue weighted by Gasteiger charge is -2.16. The number of nitrogens with zero attached hydrogens (tertiary/aromatic N) is 1. The van der Waals surface area contributed by atoms with Gasteiger partial charge in [-0.05, 0) is 19.5 Å². The summed E-state index contributed by atoms with van der Waals surface area (Å²) in [5.41, 5.74) is 0.310. The van der Waals surface area contributed by atoms with Crippen molar-refractivity contribution in [1.82, 2.24) is 4.90 Å². The molecular formula is C11H21NO3. The Balaban J connectivity index is 4.04. The molecule has 0 aromatic heterocycles. The van der Waals surface area contributed by atoms with E-state index in [-0.39, 0.29) is 13.0 Å². The van der Waals surface area contributed by atoms with Crippen LogP contribution in [0.4, 0.5) is 0 Å². The van der Waals surface area contributed by atoms with Crippen LogP contribution in [0.3, 0.4) is 0 Å². The van der Waals surface area contributed by atoms with E-state index in [9.17, 15) is 4.79 Å². The lowest BCUT2D eigenvalue weighted by atomic mass is 10.1. The van der Waals surface area contributed by atoms with Crippen molar-refractivity contribution in [3.05, 3.63) is 11.6 Å². The number of aliphatic carboxylic acids is 1. The zero-order chi connectivity index (χ0) is 11.7. The van der Waals surface area contributed by atoms with Gasteiger partial charge in [-0.15, -0.1) is 0 Å². The molecule has 4 heteroatoms. The van der Waals surface area contributed by atoms with Crippen LogP contribution >= 0.6 is 0 Å². The molecule has 0 saturated heterocycles. The number of aliphatic hydroxyl groups is 1. The second kappa shape index (κ2) is 8.44. The highest BCUT2D eigenvalue weighted by Gasteiger charge is 2.05. The van der Waals surface area contributed by atoms with Gasteiger partial charge in [0.1, 0.15) is 0 Å². The molecule has 0 aliphatic heterocycles. The van der Waals surface area contributed by atoms with Gasteiger partial charge >= 0.3 is 5.97 Å². The van der Waals surface area contributed by atoms with E-state index in [4.69, 9.17) is 10.2 Å². The largest absolute Gasteiger partial charge is 0.478 e. The quantitative estimate of drug-likeness (QED) is 0.595. The Kier molecular flexibility index (Phi) is 7.95. The third kappa shape index (κ3) is 6.25. The van der Waals surface area contributed by atoms with Crippen LogP contribution in [0.2, 0.25) is 0 Å². The van der Waals surface area contributed by atoms with Gasteiger partial charge in [0.25, 0.3) is 0 Å². The Morgan fingerprint density at radius 1 is 1.33 bits per heavy atom. The van der Waals surface area contributed by atoms with E-state index in [0.29, 0.717) is 5.57 Å². The molecule has 0 atom stereocenters. The lowest BCUT2D eigenvalue weighted by Crippen LogP contribution is -2.23. The van der Waals surface area contributed by atoms with Crippen molar-refractivity contribution in [3.8, 4) is 0 Å². The fraction of sp³-hybridized carbons (Fsp3) is 0.727. The van der Waals surface area contributed by atoms with Crippen molar-refractivity contribution >= 4 is 5.97 Å². The summed E-state index contributed by atoms with van der Waals surface area (Å²) in [5, 5.41) is 17.5. The monoisotopic (exact) mass is 215 g/mol. The third-order valence-corrected chi connectivity index (χ3v) is 2.39. The van der Waals surface area contributed by atoms with Gasteiger partial charge in [-0.2, -0.15) is 0 Å². The molecule has 88 valence electrons. The van der Waals surface area contributed by atoms with Crippen molar-refractivity contribution in [1.29, 1.82) is 0 Å². The number of carboxylic acids is 1. The van der Waals surface area contributed by atoms with E-state index in [2.05, 4.69) is 18.7 Å². The molecule has 0 radical (unpaired) electrons. The Bertz CT molecular complexity index is 210. The topological polar surface area (TPSA) is 60.8 Å². The maximum absolute atomic E-state index is 10.7. The normalized spacial score (nSPS) is 12.1. The van der Waals surface area contributed by atoms with Gasteiger partial charge in [-0.1, -0.05) is 19.9 Å². The average molecular weight is 215 g/mol. The van der Waals surface area contributed by atoms with Crippen LogP contribution in [0.15, 0.2) is 11.6 Å². The highest BCUT2D eigenvalue weighted by atomic mass is 16.4. The van der Waals surface area contributed by atoms with Crippen LogP contribution in [0, 0.1) is 0 Å². The van der Waals surface area contributed by atoms with Crippen LogP contribution < -0.4 is 0 Å². The molecule has 0 spiro atoms. The molecule has 0 aromatic carbocycles. The molecule has 2 N–H and O–H groups in total.